The summed E-state index contributed by atoms with van der Waals surface area (Å²) in [6.07, 6.45) is 3.16. The van der Waals surface area contributed by atoms with Crippen LogP contribution in [-0.2, 0) is 20.9 Å². The average molecular weight is 512 g/mol. The molecule has 1 aliphatic heterocycles. The molecule has 7 heteroatoms. The van der Waals surface area contributed by atoms with E-state index in [0.717, 1.165) is 21.3 Å². The van der Waals surface area contributed by atoms with Gasteiger partial charge in [-0.2, -0.15) is 0 Å². The Morgan fingerprint density at radius 3 is 2.48 bits per heavy atom. The van der Waals surface area contributed by atoms with Crippen LogP contribution in [0, 0.1) is 5.92 Å². The van der Waals surface area contributed by atoms with Crippen LogP contribution in [0.15, 0.2) is 70.0 Å². The van der Waals surface area contributed by atoms with Crippen LogP contribution in [0.5, 0.6) is 11.5 Å². The minimum Gasteiger partial charge on any atom is -0.493 e. The summed E-state index contributed by atoms with van der Waals surface area (Å²) in [5, 5.41) is 3.30. The molecule has 0 saturated heterocycles. The van der Waals surface area contributed by atoms with Crippen molar-refractivity contribution in [3.8, 4) is 11.5 Å². The van der Waals surface area contributed by atoms with E-state index < -0.39 is 17.8 Å². The Labute approximate surface area is 201 Å². The van der Waals surface area contributed by atoms with E-state index in [0.29, 0.717) is 35.6 Å². The number of halogens is 1. The predicted molar refractivity (Wildman–Crippen MR) is 128 cm³/mol. The zero-order chi connectivity index (χ0) is 23.5. The molecule has 2 unspecified atom stereocenters. The molecule has 172 valence electrons. The predicted octanol–water partition coefficient (Wildman–Crippen LogP) is 5.03. The minimum atomic E-state index is -0.525. The zero-order valence-corrected chi connectivity index (χ0v) is 20.4. The van der Waals surface area contributed by atoms with Crippen LogP contribution < -0.4 is 14.8 Å². The Kier molecular flexibility index (Phi) is 6.88. The van der Waals surface area contributed by atoms with Crippen molar-refractivity contribution >= 4 is 27.7 Å². The Morgan fingerprint density at radius 2 is 1.79 bits per heavy atom. The van der Waals surface area contributed by atoms with Gasteiger partial charge in [0.05, 0.1) is 25.7 Å². The van der Waals surface area contributed by atoms with E-state index in [1.807, 2.05) is 49.4 Å². The van der Waals surface area contributed by atoms with Crippen molar-refractivity contribution in [2.45, 2.75) is 32.3 Å². The quantitative estimate of drug-likeness (QED) is 0.548. The summed E-state index contributed by atoms with van der Waals surface area (Å²) in [7, 11) is 3.13. The van der Waals surface area contributed by atoms with Crippen LogP contribution in [-0.4, -0.2) is 26.0 Å². The van der Waals surface area contributed by atoms with Gasteiger partial charge in [-0.1, -0.05) is 52.3 Å². The van der Waals surface area contributed by atoms with E-state index in [1.54, 1.807) is 20.3 Å². The molecule has 0 amide bonds. The number of Topliss-reactive ketones (excluding diaryl/α,β-unsaturated/α-hetero) is 1. The van der Waals surface area contributed by atoms with Crippen molar-refractivity contribution in [3.05, 3.63) is 81.1 Å². The first-order chi connectivity index (χ1) is 15.9. The molecule has 0 spiro atoms. The molecular weight excluding hydrogens is 486 g/mol. The Morgan fingerprint density at radius 1 is 1.09 bits per heavy atom. The maximum Gasteiger partial charge on any atom is 0.336 e. The summed E-state index contributed by atoms with van der Waals surface area (Å²) in [6.45, 7) is 1.99. The van der Waals surface area contributed by atoms with E-state index in [2.05, 4.69) is 21.2 Å². The fraction of sp³-hybridized carbons (Fsp3) is 0.308. The molecule has 0 fully saturated rings. The van der Waals surface area contributed by atoms with Crippen LogP contribution >= 0.6 is 15.9 Å². The second-order valence-corrected chi connectivity index (χ2v) is 8.93. The van der Waals surface area contributed by atoms with Gasteiger partial charge in [-0.25, -0.2) is 4.79 Å². The van der Waals surface area contributed by atoms with Crippen molar-refractivity contribution in [1.29, 1.82) is 0 Å². The molecule has 2 aromatic carbocycles. The SMILES string of the molecule is COc1cc(Br)c(C2C(C(=O)OCc3ccccc3)=C(C)NC3=CCCC(=O)C32)cc1OC. The molecular formula is C26H26BrNO5. The van der Waals surface area contributed by atoms with Gasteiger partial charge in [-0.15, -0.1) is 0 Å². The molecule has 33 heavy (non-hydrogen) atoms. The first kappa shape index (κ1) is 23.1. The molecule has 0 saturated carbocycles. The third-order valence-corrected chi connectivity index (χ3v) is 6.77. The number of carbonyl (C=O) groups is 2. The maximum atomic E-state index is 13.4. The summed E-state index contributed by atoms with van der Waals surface area (Å²) < 4.78 is 17.4. The van der Waals surface area contributed by atoms with Crippen molar-refractivity contribution in [3.63, 3.8) is 0 Å². The first-order valence-electron chi connectivity index (χ1n) is 10.8. The topological polar surface area (TPSA) is 73.9 Å². The number of rotatable bonds is 6. The number of esters is 1. The zero-order valence-electron chi connectivity index (χ0n) is 18.8. The molecule has 0 aromatic heterocycles. The van der Waals surface area contributed by atoms with Crippen molar-refractivity contribution in [1.82, 2.24) is 5.32 Å². The average Bonchev–Trinajstić information content (AvgIpc) is 2.82. The smallest absolute Gasteiger partial charge is 0.336 e. The van der Waals surface area contributed by atoms with Gasteiger partial charge in [0.2, 0.25) is 0 Å². The normalized spacial score (nSPS) is 19.9. The maximum absolute atomic E-state index is 13.4. The lowest BCUT2D eigenvalue weighted by atomic mass is 9.71. The second kappa shape index (κ2) is 9.83. The highest BCUT2D eigenvalue weighted by Crippen LogP contribution is 2.48. The highest BCUT2D eigenvalue weighted by atomic mass is 79.9. The Balaban J connectivity index is 1.80. The summed E-state index contributed by atoms with van der Waals surface area (Å²) in [4.78, 5) is 26.5. The molecule has 1 N–H and O–H groups in total. The number of ether oxygens (including phenoxy) is 3. The minimum absolute atomic E-state index is 0.0903. The van der Waals surface area contributed by atoms with Crippen molar-refractivity contribution in [2.24, 2.45) is 5.92 Å². The fourth-order valence-electron chi connectivity index (χ4n) is 4.53. The lowest BCUT2D eigenvalue weighted by Crippen LogP contribution is -2.41. The third-order valence-electron chi connectivity index (χ3n) is 6.09. The summed E-state index contributed by atoms with van der Waals surface area (Å²) in [6, 6.07) is 13.2. The number of hydrogen-bond donors (Lipinski definition) is 1. The monoisotopic (exact) mass is 511 g/mol. The number of nitrogens with one attached hydrogen (secondary N) is 1. The largest absolute Gasteiger partial charge is 0.493 e. The number of carbonyl (C=O) groups excluding carboxylic acids is 2. The van der Waals surface area contributed by atoms with Gasteiger partial charge in [0.1, 0.15) is 12.4 Å². The lowest BCUT2D eigenvalue weighted by molar-refractivity contribution is -0.141. The van der Waals surface area contributed by atoms with Gasteiger partial charge in [0, 0.05) is 28.2 Å². The van der Waals surface area contributed by atoms with Gasteiger partial charge in [-0.3, -0.25) is 4.79 Å². The van der Waals surface area contributed by atoms with Crippen LogP contribution in [0.2, 0.25) is 0 Å². The number of allylic oxidation sites excluding steroid dienone is 3. The molecule has 0 bridgehead atoms. The number of hydrogen-bond acceptors (Lipinski definition) is 6. The molecule has 6 nitrogen and oxygen atoms in total. The third kappa shape index (κ3) is 4.55. The lowest BCUT2D eigenvalue weighted by Gasteiger charge is -2.38. The van der Waals surface area contributed by atoms with Gasteiger partial charge in [0.15, 0.2) is 11.5 Å². The summed E-state index contributed by atoms with van der Waals surface area (Å²) in [5.41, 5.74) is 3.61. The van der Waals surface area contributed by atoms with E-state index >= 15 is 0 Å². The molecule has 1 aliphatic carbocycles. The van der Waals surface area contributed by atoms with E-state index in [9.17, 15) is 9.59 Å². The Hall–Kier alpha value is -3.06. The highest BCUT2D eigenvalue weighted by molar-refractivity contribution is 9.10. The Bertz CT molecular complexity index is 1140. The number of fused-ring (bicyclic) bond motifs is 1. The summed E-state index contributed by atoms with van der Waals surface area (Å²) >= 11 is 3.63. The molecule has 4 rings (SSSR count). The molecule has 0 radical (unpaired) electrons. The van der Waals surface area contributed by atoms with E-state index in [-0.39, 0.29) is 12.4 Å². The van der Waals surface area contributed by atoms with Gasteiger partial charge in [0.25, 0.3) is 0 Å². The number of methoxy groups -OCH3 is 2. The van der Waals surface area contributed by atoms with Gasteiger partial charge in [-0.05, 0) is 36.6 Å². The molecule has 1 heterocycles. The van der Waals surface area contributed by atoms with Crippen LogP contribution in [0.25, 0.3) is 0 Å². The second-order valence-electron chi connectivity index (χ2n) is 8.07. The molecule has 2 aromatic rings. The van der Waals surface area contributed by atoms with Crippen LogP contribution in [0.1, 0.15) is 36.8 Å². The van der Waals surface area contributed by atoms with Crippen LogP contribution in [0.3, 0.4) is 0 Å². The van der Waals surface area contributed by atoms with E-state index in [4.69, 9.17) is 14.2 Å². The van der Waals surface area contributed by atoms with E-state index in [1.165, 1.54) is 0 Å². The summed E-state index contributed by atoms with van der Waals surface area (Å²) in [5.74, 6) is -0.307. The standard InChI is InChI=1S/C26H26BrNO5/c1-15-23(26(30)33-14-16-8-5-4-6-9-16)24(25-19(28-15)10-7-11-20(25)29)17-12-21(31-2)22(32-3)13-18(17)27/h4-6,8-10,12-13,24-25,28H,7,11,14H2,1-3H3. The van der Waals surface area contributed by atoms with Crippen molar-refractivity contribution < 1.29 is 23.8 Å². The molecule has 2 aliphatic rings. The van der Waals surface area contributed by atoms with Crippen LogP contribution in [0.4, 0.5) is 0 Å². The van der Waals surface area contributed by atoms with Gasteiger partial charge >= 0.3 is 5.97 Å². The number of benzene rings is 2. The molecule has 2 atom stereocenters. The fourth-order valence-corrected chi connectivity index (χ4v) is 5.10. The first-order valence-corrected chi connectivity index (χ1v) is 11.6. The van der Waals surface area contributed by atoms with Crippen molar-refractivity contribution in [2.75, 3.05) is 14.2 Å². The number of ketones is 1. The van der Waals surface area contributed by atoms with Gasteiger partial charge < -0.3 is 19.5 Å². The highest BCUT2D eigenvalue weighted by Gasteiger charge is 2.44.